The Morgan fingerprint density at radius 3 is 2.68 bits per heavy atom. The van der Waals surface area contributed by atoms with E-state index in [0.717, 1.165) is 0 Å². The van der Waals surface area contributed by atoms with E-state index in [9.17, 15) is 8.78 Å². The molecule has 2 aromatic rings. The molecule has 0 aliphatic rings. The molecule has 0 bridgehead atoms. The Labute approximate surface area is 118 Å². The summed E-state index contributed by atoms with van der Waals surface area (Å²) < 4.78 is 33.1. The van der Waals surface area contributed by atoms with Gasteiger partial charge in [-0.1, -0.05) is 6.07 Å². The van der Waals surface area contributed by atoms with Gasteiger partial charge >= 0.3 is 0 Å². The van der Waals surface area contributed by atoms with Crippen molar-refractivity contribution in [2.24, 2.45) is 0 Å². The van der Waals surface area contributed by atoms with Gasteiger partial charge in [0, 0.05) is 18.2 Å². The predicted molar refractivity (Wildman–Crippen MR) is 73.3 cm³/mol. The van der Waals surface area contributed by atoms with Crippen molar-refractivity contribution in [2.75, 3.05) is 7.05 Å². The molecule has 0 aromatic heterocycles. The van der Waals surface area contributed by atoms with E-state index < -0.39 is 5.82 Å². The minimum atomic E-state index is -0.412. The molecule has 0 atom stereocenters. The van der Waals surface area contributed by atoms with Crippen LogP contribution in [0.2, 0.25) is 0 Å². The normalized spacial score (nSPS) is 10.5. The summed E-state index contributed by atoms with van der Waals surface area (Å²) in [6.07, 6.45) is 0. The van der Waals surface area contributed by atoms with Crippen molar-refractivity contribution in [1.29, 1.82) is 0 Å². The van der Waals surface area contributed by atoms with Crippen LogP contribution in [-0.2, 0) is 6.54 Å². The predicted octanol–water partition coefficient (Wildman–Crippen LogP) is 4.24. The molecule has 2 rings (SSSR count). The van der Waals surface area contributed by atoms with Gasteiger partial charge in [0.2, 0.25) is 0 Å². The maximum Gasteiger partial charge on any atom is 0.144 e. The molecule has 0 amide bonds. The van der Waals surface area contributed by atoms with Crippen LogP contribution in [-0.4, -0.2) is 7.05 Å². The Morgan fingerprint density at radius 1 is 1.16 bits per heavy atom. The molecular weight excluding hydrogens is 316 g/mol. The first kappa shape index (κ1) is 14.0. The number of halogens is 3. The van der Waals surface area contributed by atoms with Crippen molar-refractivity contribution < 1.29 is 13.5 Å². The van der Waals surface area contributed by atoms with Crippen molar-refractivity contribution in [3.63, 3.8) is 0 Å². The highest BCUT2D eigenvalue weighted by molar-refractivity contribution is 9.10. The zero-order valence-corrected chi connectivity index (χ0v) is 11.8. The number of benzene rings is 2. The molecular formula is C14H12BrF2NO. The Hall–Kier alpha value is -1.46. The quantitative estimate of drug-likeness (QED) is 0.906. The molecule has 0 saturated heterocycles. The lowest BCUT2D eigenvalue weighted by molar-refractivity contribution is 0.457. The first-order valence-electron chi connectivity index (χ1n) is 5.66. The van der Waals surface area contributed by atoms with Gasteiger partial charge in [0.1, 0.15) is 23.1 Å². The Morgan fingerprint density at radius 2 is 1.95 bits per heavy atom. The van der Waals surface area contributed by atoms with Crippen LogP contribution in [0.15, 0.2) is 40.9 Å². The van der Waals surface area contributed by atoms with E-state index in [0.29, 0.717) is 28.1 Å². The number of rotatable bonds is 4. The lowest BCUT2D eigenvalue weighted by Crippen LogP contribution is -2.08. The number of hydrogen-bond donors (Lipinski definition) is 1. The van der Waals surface area contributed by atoms with Crippen LogP contribution in [0.3, 0.4) is 0 Å². The SMILES string of the molecule is CNCc1c(F)cccc1Oc1cc(F)ccc1Br. The largest absolute Gasteiger partial charge is 0.456 e. The van der Waals surface area contributed by atoms with E-state index >= 15 is 0 Å². The third kappa shape index (κ3) is 3.30. The van der Waals surface area contributed by atoms with Crippen molar-refractivity contribution >= 4 is 15.9 Å². The smallest absolute Gasteiger partial charge is 0.144 e. The van der Waals surface area contributed by atoms with Gasteiger partial charge in [-0.25, -0.2) is 8.78 Å². The highest BCUT2D eigenvalue weighted by atomic mass is 79.9. The molecule has 2 aromatic carbocycles. The summed E-state index contributed by atoms with van der Waals surface area (Å²) in [6.45, 7) is 0.328. The zero-order chi connectivity index (χ0) is 13.8. The van der Waals surface area contributed by atoms with Gasteiger partial charge in [0.25, 0.3) is 0 Å². The van der Waals surface area contributed by atoms with Crippen LogP contribution in [0.5, 0.6) is 11.5 Å². The average molecular weight is 328 g/mol. The fraction of sp³-hybridized carbons (Fsp3) is 0.143. The van der Waals surface area contributed by atoms with E-state index in [1.165, 1.54) is 18.2 Å². The minimum absolute atomic E-state index is 0.308. The summed E-state index contributed by atoms with van der Waals surface area (Å²) in [4.78, 5) is 0. The molecule has 0 unspecified atom stereocenters. The second-order valence-electron chi connectivity index (χ2n) is 3.92. The van der Waals surface area contributed by atoms with E-state index in [4.69, 9.17) is 4.74 Å². The van der Waals surface area contributed by atoms with Crippen LogP contribution in [0.25, 0.3) is 0 Å². The second-order valence-corrected chi connectivity index (χ2v) is 4.78. The summed E-state index contributed by atoms with van der Waals surface area (Å²) in [5.74, 6) is -0.104. The molecule has 100 valence electrons. The molecule has 0 aliphatic heterocycles. The Bertz CT molecular complexity index is 590. The highest BCUT2D eigenvalue weighted by Crippen LogP contribution is 2.32. The Balaban J connectivity index is 2.37. The Kier molecular flexibility index (Phi) is 4.50. The number of hydrogen-bond acceptors (Lipinski definition) is 2. The van der Waals surface area contributed by atoms with Gasteiger partial charge in [-0.15, -0.1) is 0 Å². The maximum atomic E-state index is 13.7. The van der Waals surface area contributed by atoms with Gasteiger partial charge in [0.15, 0.2) is 0 Å². The molecule has 0 radical (unpaired) electrons. The van der Waals surface area contributed by atoms with Gasteiger partial charge in [-0.3, -0.25) is 0 Å². The summed E-state index contributed by atoms with van der Waals surface area (Å²) in [6, 6.07) is 8.67. The number of ether oxygens (including phenoxy) is 1. The van der Waals surface area contributed by atoms with Gasteiger partial charge in [-0.2, -0.15) is 0 Å². The lowest BCUT2D eigenvalue weighted by Gasteiger charge is -2.13. The first-order chi connectivity index (χ1) is 9.11. The van der Waals surface area contributed by atoms with E-state index in [-0.39, 0.29) is 5.82 Å². The minimum Gasteiger partial charge on any atom is -0.456 e. The summed E-state index contributed by atoms with van der Waals surface area (Å²) in [7, 11) is 1.72. The molecule has 19 heavy (non-hydrogen) atoms. The third-order valence-corrected chi connectivity index (χ3v) is 3.20. The van der Waals surface area contributed by atoms with Gasteiger partial charge < -0.3 is 10.1 Å². The topological polar surface area (TPSA) is 21.3 Å². The maximum absolute atomic E-state index is 13.7. The molecule has 2 nitrogen and oxygen atoms in total. The molecule has 0 aliphatic carbocycles. The summed E-state index contributed by atoms with van der Waals surface area (Å²) in [5.41, 5.74) is 0.404. The highest BCUT2D eigenvalue weighted by Gasteiger charge is 2.11. The molecule has 0 saturated carbocycles. The van der Waals surface area contributed by atoms with Gasteiger partial charge in [-0.05, 0) is 47.2 Å². The van der Waals surface area contributed by atoms with Crippen LogP contribution in [0.4, 0.5) is 8.78 Å². The molecule has 0 fully saturated rings. The second kappa shape index (κ2) is 6.12. The lowest BCUT2D eigenvalue weighted by atomic mass is 10.2. The van der Waals surface area contributed by atoms with E-state index in [2.05, 4.69) is 21.2 Å². The summed E-state index contributed by atoms with van der Waals surface area (Å²) >= 11 is 3.27. The van der Waals surface area contributed by atoms with Crippen LogP contribution < -0.4 is 10.1 Å². The van der Waals surface area contributed by atoms with Crippen molar-refractivity contribution in [3.05, 3.63) is 58.1 Å². The fourth-order valence-electron chi connectivity index (χ4n) is 1.66. The van der Waals surface area contributed by atoms with Crippen molar-refractivity contribution in [3.8, 4) is 11.5 Å². The summed E-state index contributed by atoms with van der Waals surface area (Å²) in [5, 5.41) is 2.87. The van der Waals surface area contributed by atoms with Crippen LogP contribution in [0.1, 0.15) is 5.56 Å². The van der Waals surface area contributed by atoms with Gasteiger partial charge in [0.05, 0.1) is 4.47 Å². The third-order valence-electron chi connectivity index (χ3n) is 2.54. The molecule has 0 spiro atoms. The number of nitrogens with one attached hydrogen (secondary N) is 1. The standard InChI is InChI=1S/C14H12BrF2NO/c1-18-8-10-12(17)3-2-4-13(10)19-14-7-9(16)5-6-11(14)15/h2-7,18H,8H2,1H3. The monoisotopic (exact) mass is 327 g/mol. The molecule has 5 heteroatoms. The van der Waals surface area contributed by atoms with Crippen LogP contribution in [0, 0.1) is 11.6 Å². The van der Waals surface area contributed by atoms with Crippen LogP contribution >= 0.6 is 15.9 Å². The van der Waals surface area contributed by atoms with E-state index in [1.807, 2.05) is 0 Å². The fourth-order valence-corrected chi connectivity index (χ4v) is 1.98. The molecule has 0 heterocycles. The average Bonchev–Trinajstić information content (AvgIpc) is 2.38. The molecule has 1 N–H and O–H groups in total. The zero-order valence-electron chi connectivity index (χ0n) is 10.2. The van der Waals surface area contributed by atoms with E-state index in [1.54, 1.807) is 25.2 Å². The first-order valence-corrected chi connectivity index (χ1v) is 6.46. The van der Waals surface area contributed by atoms with Crippen molar-refractivity contribution in [1.82, 2.24) is 5.32 Å². The van der Waals surface area contributed by atoms with Crippen molar-refractivity contribution in [2.45, 2.75) is 6.54 Å².